The molecular formula is C13H24N4O. The fourth-order valence-corrected chi connectivity index (χ4v) is 2.77. The summed E-state index contributed by atoms with van der Waals surface area (Å²) in [5.41, 5.74) is 0. The fourth-order valence-electron chi connectivity index (χ4n) is 2.77. The zero-order chi connectivity index (χ0) is 13.0. The summed E-state index contributed by atoms with van der Waals surface area (Å²) in [6, 6.07) is 0.546. The maximum atomic E-state index is 8.97. The van der Waals surface area contributed by atoms with Gasteiger partial charge in [0.25, 0.3) is 0 Å². The Labute approximate surface area is 109 Å². The van der Waals surface area contributed by atoms with E-state index in [2.05, 4.69) is 15.0 Å². The van der Waals surface area contributed by atoms with Gasteiger partial charge in [0, 0.05) is 19.2 Å². The van der Waals surface area contributed by atoms with E-state index in [1.54, 1.807) is 0 Å². The number of nitrogens with zero attached hydrogens (tertiary/aromatic N) is 4. The Bertz CT molecular complexity index is 377. The molecule has 0 bridgehead atoms. The normalized spacial score (nSPS) is 21.4. The summed E-state index contributed by atoms with van der Waals surface area (Å²) in [5.74, 6) is 1.85. The molecule has 2 heterocycles. The van der Waals surface area contributed by atoms with Crippen molar-refractivity contribution in [1.82, 2.24) is 19.7 Å². The van der Waals surface area contributed by atoms with Crippen LogP contribution >= 0.6 is 0 Å². The lowest BCUT2D eigenvalue weighted by Gasteiger charge is -2.35. The highest BCUT2D eigenvalue weighted by Crippen LogP contribution is 2.19. The molecule has 2 rings (SSSR count). The second-order valence-corrected chi connectivity index (χ2v) is 5.15. The van der Waals surface area contributed by atoms with Crippen molar-refractivity contribution in [1.29, 1.82) is 0 Å². The second-order valence-electron chi connectivity index (χ2n) is 5.15. The summed E-state index contributed by atoms with van der Waals surface area (Å²) in [6.07, 6.45) is 4.67. The number of aliphatic hydroxyl groups is 1. The van der Waals surface area contributed by atoms with Crippen LogP contribution in [0, 0.1) is 13.8 Å². The molecule has 0 aromatic carbocycles. The molecule has 102 valence electrons. The zero-order valence-corrected chi connectivity index (χ0v) is 11.5. The van der Waals surface area contributed by atoms with Crippen LogP contribution in [0.15, 0.2) is 0 Å². The van der Waals surface area contributed by atoms with Crippen molar-refractivity contribution in [2.45, 2.75) is 52.1 Å². The highest BCUT2D eigenvalue weighted by atomic mass is 16.3. The first-order chi connectivity index (χ1) is 8.70. The van der Waals surface area contributed by atoms with Crippen LogP contribution in [-0.4, -0.2) is 50.5 Å². The van der Waals surface area contributed by atoms with Crippen LogP contribution in [0.5, 0.6) is 0 Å². The summed E-state index contributed by atoms with van der Waals surface area (Å²) in [5, 5.41) is 13.4. The van der Waals surface area contributed by atoms with Gasteiger partial charge in [0.05, 0.1) is 6.54 Å². The molecule has 1 atom stereocenters. The molecule has 0 aliphatic carbocycles. The third kappa shape index (κ3) is 3.29. The van der Waals surface area contributed by atoms with E-state index in [9.17, 15) is 0 Å². The molecule has 1 aromatic rings. The van der Waals surface area contributed by atoms with Gasteiger partial charge in [-0.05, 0) is 39.7 Å². The van der Waals surface area contributed by atoms with Crippen LogP contribution in [0.4, 0.5) is 0 Å². The number of hydrogen-bond acceptors (Lipinski definition) is 4. The summed E-state index contributed by atoms with van der Waals surface area (Å²) in [4.78, 5) is 6.85. The quantitative estimate of drug-likeness (QED) is 0.853. The molecule has 5 heteroatoms. The van der Waals surface area contributed by atoms with E-state index in [-0.39, 0.29) is 6.61 Å². The third-order valence-corrected chi connectivity index (χ3v) is 3.70. The number of likely N-dealkylation sites (tertiary alicyclic amines) is 1. The molecule has 1 fully saturated rings. The molecule has 1 aromatic heterocycles. The topological polar surface area (TPSA) is 54.2 Å². The van der Waals surface area contributed by atoms with E-state index in [1.165, 1.54) is 19.3 Å². The van der Waals surface area contributed by atoms with Crippen LogP contribution in [0.25, 0.3) is 0 Å². The van der Waals surface area contributed by atoms with Gasteiger partial charge in [0.1, 0.15) is 11.6 Å². The van der Waals surface area contributed by atoms with E-state index in [0.29, 0.717) is 6.04 Å². The number of rotatable bonds is 5. The van der Waals surface area contributed by atoms with Gasteiger partial charge in [-0.1, -0.05) is 6.42 Å². The van der Waals surface area contributed by atoms with Crippen molar-refractivity contribution in [3.05, 3.63) is 11.6 Å². The highest BCUT2D eigenvalue weighted by molar-refractivity contribution is 4.89. The minimum absolute atomic E-state index is 0.282. The van der Waals surface area contributed by atoms with E-state index in [0.717, 1.165) is 37.7 Å². The average Bonchev–Trinajstić information content (AvgIpc) is 2.67. The Morgan fingerprint density at radius 1 is 1.33 bits per heavy atom. The zero-order valence-electron chi connectivity index (χ0n) is 11.5. The van der Waals surface area contributed by atoms with E-state index in [1.807, 2.05) is 18.5 Å². The van der Waals surface area contributed by atoms with Gasteiger partial charge in [-0.25, -0.2) is 9.67 Å². The van der Waals surface area contributed by atoms with Gasteiger partial charge < -0.3 is 5.11 Å². The van der Waals surface area contributed by atoms with Crippen molar-refractivity contribution in [2.24, 2.45) is 0 Å². The second kappa shape index (κ2) is 6.29. The van der Waals surface area contributed by atoms with Crippen molar-refractivity contribution >= 4 is 0 Å². The smallest absolute Gasteiger partial charge is 0.147 e. The summed E-state index contributed by atoms with van der Waals surface area (Å²) >= 11 is 0. The standard InChI is InChI=1S/C13H24N4O/c1-11-14-12(2)17(15-11)10-13-6-3-4-7-16(13)8-5-9-18/h13,18H,3-10H2,1-2H3/t13-/m0/s1. The molecule has 1 aliphatic heterocycles. The lowest BCUT2D eigenvalue weighted by molar-refractivity contribution is 0.118. The third-order valence-electron chi connectivity index (χ3n) is 3.70. The Balaban J connectivity index is 1.98. The van der Waals surface area contributed by atoms with E-state index in [4.69, 9.17) is 5.11 Å². The first-order valence-corrected chi connectivity index (χ1v) is 6.93. The first kappa shape index (κ1) is 13.5. The molecule has 0 saturated carbocycles. The molecular weight excluding hydrogens is 228 g/mol. The van der Waals surface area contributed by atoms with Crippen LogP contribution in [0.2, 0.25) is 0 Å². The minimum Gasteiger partial charge on any atom is -0.396 e. The molecule has 1 N–H and O–H groups in total. The molecule has 0 unspecified atom stereocenters. The van der Waals surface area contributed by atoms with Crippen LogP contribution in [0.3, 0.4) is 0 Å². The molecule has 0 spiro atoms. The predicted molar refractivity (Wildman–Crippen MR) is 70.4 cm³/mol. The number of aromatic nitrogens is 3. The van der Waals surface area contributed by atoms with Crippen molar-refractivity contribution in [3.63, 3.8) is 0 Å². The van der Waals surface area contributed by atoms with Gasteiger partial charge >= 0.3 is 0 Å². The summed E-state index contributed by atoms with van der Waals surface area (Å²) in [7, 11) is 0. The van der Waals surface area contributed by atoms with E-state index >= 15 is 0 Å². The van der Waals surface area contributed by atoms with Gasteiger partial charge in [0.15, 0.2) is 0 Å². The Hall–Kier alpha value is -0.940. The summed E-state index contributed by atoms with van der Waals surface area (Å²) < 4.78 is 2.03. The van der Waals surface area contributed by atoms with Crippen LogP contribution < -0.4 is 0 Å². The maximum absolute atomic E-state index is 8.97. The predicted octanol–water partition coefficient (Wildman–Crippen LogP) is 1.13. The molecule has 1 aliphatic rings. The molecule has 1 saturated heterocycles. The molecule has 5 nitrogen and oxygen atoms in total. The molecule has 0 radical (unpaired) electrons. The Morgan fingerprint density at radius 3 is 2.83 bits per heavy atom. The Kier molecular flexibility index (Phi) is 4.72. The lowest BCUT2D eigenvalue weighted by Crippen LogP contribution is -2.43. The SMILES string of the molecule is Cc1nc(C)n(C[C@@H]2CCCCN2CCCO)n1. The Morgan fingerprint density at radius 2 is 2.17 bits per heavy atom. The number of piperidine rings is 1. The molecule has 0 amide bonds. The highest BCUT2D eigenvalue weighted by Gasteiger charge is 2.23. The number of aliphatic hydroxyl groups excluding tert-OH is 1. The summed E-state index contributed by atoms with van der Waals surface area (Å²) in [6.45, 7) is 7.31. The fraction of sp³-hybridized carbons (Fsp3) is 0.846. The molecule has 18 heavy (non-hydrogen) atoms. The van der Waals surface area contributed by atoms with Gasteiger partial charge in [-0.2, -0.15) is 5.10 Å². The van der Waals surface area contributed by atoms with E-state index < -0.39 is 0 Å². The van der Waals surface area contributed by atoms with Gasteiger partial charge in [0.2, 0.25) is 0 Å². The van der Waals surface area contributed by atoms with Gasteiger partial charge in [-0.3, -0.25) is 4.90 Å². The van der Waals surface area contributed by atoms with Crippen LogP contribution in [0.1, 0.15) is 37.3 Å². The van der Waals surface area contributed by atoms with Crippen LogP contribution in [-0.2, 0) is 6.54 Å². The minimum atomic E-state index is 0.282. The first-order valence-electron chi connectivity index (χ1n) is 6.93. The maximum Gasteiger partial charge on any atom is 0.147 e. The lowest BCUT2D eigenvalue weighted by atomic mass is 10.0. The van der Waals surface area contributed by atoms with Crippen molar-refractivity contribution in [3.8, 4) is 0 Å². The number of hydrogen-bond donors (Lipinski definition) is 1. The largest absolute Gasteiger partial charge is 0.396 e. The van der Waals surface area contributed by atoms with Crippen molar-refractivity contribution in [2.75, 3.05) is 19.7 Å². The number of aryl methyl sites for hydroxylation is 2. The average molecular weight is 252 g/mol. The monoisotopic (exact) mass is 252 g/mol. The van der Waals surface area contributed by atoms with Gasteiger partial charge in [-0.15, -0.1) is 0 Å². The van der Waals surface area contributed by atoms with Crippen molar-refractivity contribution < 1.29 is 5.11 Å².